The van der Waals surface area contributed by atoms with E-state index in [1.165, 1.54) is 12.1 Å². The van der Waals surface area contributed by atoms with E-state index in [0.717, 1.165) is 16.1 Å². The Bertz CT molecular complexity index is 962. The molecule has 27 heavy (non-hydrogen) atoms. The molecule has 0 aliphatic heterocycles. The number of nitrogens with zero attached hydrogens (tertiary/aromatic N) is 1. The highest BCUT2D eigenvalue weighted by molar-refractivity contribution is 7.92. The van der Waals surface area contributed by atoms with Crippen molar-refractivity contribution in [3.8, 4) is 0 Å². The van der Waals surface area contributed by atoms with Crippen molar-refractivity contribution in [2.75, 3.05) is 22.4 Å². The topological polar surface area (TPSA) is 66.5 Å². The molecule has 146 valence electrons. The second-order valence-electron chi connectivity index (χ2n) is 6.28. The number of sulfonamides is 1. The lowest BCUT2D eigenvalue weighted by molar-refractivity contribution is -0.114. The fraction of sp³-hybridized carbons (Fsp3) is 0.278. The predicted molar refractivity (Wildman–Crippen MR) is 113 cm³/mol. The Hall–Kier alpha value is -1.47. The van der Waals surface area contributed by atoms with Crippen molar-refractivity contribution >= 4 is 62.1 Å². The number of benzene rings is 2. The van der Waals surface area contributed by atoms with Gasteiger partial charge in [0.05, 0.1) is 27.0 Å². The van der Waals surface area contributed by atoms with Crippen molar-refractivity contribution < 1.29 is 13.2 Å². The molecule has 0 saturated heterocycles. The molecule has 2 rings (SSSR count). The SMILES string of the molecule is CC(C)c1ccccc1NC(=O)CN(c1cc(Cl)c(Cl)cc1Cl)S(C)(=O)=O. The molecule has 0 aliphatic carbocycles. The maximum atomic E-state index is 12.6. The number of hydrogen-bond acceptors (Lipinski definition) is 3. The minimum absolute atomic E-state index is 0.0743. The fourth-order valence-electron chi connectivity index (χ4n) is 2.52. The third-order valence-electron chi connectivity index (χ3n) is 3.80. The Balaban J connectivity index is 2.34. The van der Waals surface area contributed by atoms with E-state index in [2.05, 4.69) is 5.32 Å². The highest BCUT2D eigenvalue weighted by Gasteiger charge is 2.24. The van der Waals surface area contributed by atoms with Crippen LogP contribution in [0.5, 0.6) is 0 Å². The summed E-state index contributed by atoms with van der Waals surface area (Å²) in [5.74, 6) is -0.312. The van der Waals surface area contributed by atoms with Gasteiger partial charge in [-0.1, -0.05) is 66.8 Å². The molecule has 2 aromatic rings. The van der Waals surface area contributed by atoms with E-state index in [1.54, 1.807) is 12.1 Å². The Morgan fingerprint density at radius 1 is 1.07 bits per heavy atom. The van der Waals surface area contributed by atoms with E-state index >= 15 is 0 Å². The summed E-state index contributed by atoms with van der Waals surface area (Å²) in [6, 6.07) is 10.0. The van der Waals surface area contributed by atoms with Gasteiger partial charge in [-0.25, -0.2) is 8.42 Å². The van der Waals surface area contributed by atoms with Gasteiger partial charge in [0.2, 0.25) is 15.9 Å². The van der Waals surface area contributed by atoms with Crippen LogP contribution in [0.3, 0.4) is 0 Å². The van der Waals surface area contributed by atoms with E-state index in [0.29, 0.717) is 5.69 Å². The van der Waals surface area contributed by atoms with Gasteiger partial charge in [0.25, 0.3) is 0 Å². The molecular formula is C18H19Cl3N2O3S. The van der Waals surface area contributed by atoms with Gasteiger partial charge >= 0.3 is 0 Å². The summed E-state index contributed by atoms with van der Waals surface area (Å²) in [5.41, 5.74) is 1.66. The molecule has 0 aromatic heterocycles. The monoisotopic (exact) mass is 448 g/mol. The van der Waals surface area contributed by atoms with Gasteiger partial charge in [0.1, 0.15) is 6.54 Å². The first-order valence-electron chi connectivity index (χ1n) is 8.01. The number of carbonyl (C=O) groups excluding carboxylic acids is 1. The number of rotatable bonds is 6. The molecular weight excluding hydrogens is 431 g/mol. The Morgan fingerprint density at radius 2 is 1.67 bits per heavy atom. The molecule has 1 N–H and O–H groups in total. The molecule has 2 aromatic carbocycles. The summed E-state index contributed by atoms with van der Waals surface area (Å²) in [6.45, 7) is 3.55. The number of para-hydroxylation sites is 1. The van der Waals surface area contributed by atoms with Crippen LogP contribution in [0.15, 0.2) is 36.4 Å². The van der Waals surface area contributed by atoms with Crippen LogP contribution >= 0.6 is 34.8 Å². The first kappa shape index (κ1) is 21.8. The standard InChI is InChI=1S/C18H19Cl3N2O3S/c1-11(2)12-6-4-5-7-16(12)22-18(24)10-23(27(3,25)26)17-9-14(20)13(19)8-15(17)21/h4-9,11H,10H2,1-3H3,(H,22,24). The molecule has 0 fully saturated rings. The van der Waals surface area contributed by atoms with Gasteiger partial charge in [-0.05, 0) is 29.7 Å². The van der Waals surface area contributed by atoms with Crippen LogP contribution in [-0.4, -0.2) is 27.1 Å². The fourth-order valence-corrected chi connectivity index (χ4v) is 4.07. The van der Waals surface area contributed by atoms with Crippen molar-refractivity contribution in [3.63, 3.8) is 0 Å². The highest BCUT2D eigenvalue weighted by Crippen LogP contribution is 2.35. The Kier molecular flexibility index (Phi) is 7.03. The van der Waals surface area contributed by atoms with Crippen LogP contribution in [0.1, 0.15) is 25.3 Å². The van der Waals surface area contributed by atoms with E-state index in [9.17, 15) is 13.2 Å². The third kappa shape index (κ3) is 5.51. The van der Waals surface area contributed by atoms with Crippen LogP contribution in [-0.2, 0) is 14.8 Å². The second-order valence-corrected chi connectivity index (χ2v) is 9.41. The number of halogens is 3. The van der Waals surface area contributed by atoms with Gasteiger partial charge in [-0.15, -0.1) is 0 Å². The maximum absolute atomic E-state index is 12.6. The molecule has 9 heteroatoms. The molecule has 0 spiro atoms. The first-order chi connectivity index (χ1) is 12.5. The quantitative estimate of drug-likeness (QED) is 0.618. The van der Waals surface area contributed by atoms with Gasteiger partial charge in [-0.2, -0.15) is 0 Å². The number of carbonyl (C=O) groups is 1. The minimum Gasteiger partial charge on any atom is -0.324 e. The average molecular weight is 450 g/mol. The van der Waals surface area contributed by atoms with Gasteiger partial charge in [-0.3, -0.25) is 9.10 Å². The van der Waals surface area contributed by atoms with Crippen LogP contribution < -0.4 is 9.62 Å². The zero-order chi connectivity index (χ0) is 20.4. The van der Waals surface area contributed by atoms with Crippen LogP contribution in [0, 0.1) is 0 Å². The third-order valence-corrected chi connectivity index (χ3v) is 5.95. The van der Waals surface area contributed by atoms with Crippen molar-refractivity contribution in [3.05, 3.63) is 57.0 Å². The van der Waals surface area contributed by atoms with E-state index in [4.69, 9.17) is 34.8 Å². The summed E-state index contributed by atoms with van der Waals surface area (Å²) < 4.78 is 25.4. The zero-order valence-electron chi connectivity index (χ0n) is 15.0. The molecule has 0 aliphatic rings. The molecule has 0 radical (unpaired) electrons. The van der Waals surface area contributed by atoms with Gasteiger partial charge < -0.3 is 5.32 Å². The largest absolute Gasteiger partial charge is 0.324 e. The van der Waals surface area contributed by atoms with Crippen LogP contribution in [0.25, 0.3) is 0 Å². The average Bonchev–Trinajstić information content (AvgIpc) is 2.55. The molecule has 0 heterocycles. The van der Waals surface area contributed by atoms with Crippen LogP contribution in [0.4, 0.5) is 11.4 Å². The molecule has 0 unspecified atom stereocenters. The second kappa shape index (κ2) is 8.69. The summed E-state index contributed by atoms with van der Waals surface area (Å²) in [7, 11) is -3.80. The predicted octanol–water partition coefficient (Wildman–Crippen LogP) is 5.17. The van der Waals surface area contributed by atoms with Crippen molar-refractivity contribution in [2.45, 2.75) is 19.8 Å². The molecule has 5 nitrogen and oxygen atoms in total. The zero-order valence-corrected chi connectivity index (χ0v) is 18.0. The maximum Gasteiger partial charge on any atom is 0.245 e. The number of amides is 1. The normalized spacial score (nSPS) is 11.5. The lowest BCUT2D eigenvalue weighted by Crippen LogP contribution is -2.37. The number of hydrogen-bond donors (Lipinski definition) is 1. The smallest absolute Gasteiger partial charge is 0.245 e. The molecule has 1 amide bonds. The summed E-state index contributed by atoms with van der Waals surface area (Å²) in [4.78, 5) is 12.6. The van der Waals surface area contributed by atoms with Crippen molar-refractivity contribution in [1.82, 2.24) is 0 Å². The minimum atomic E-state index is -3.80. The Morgan fingerprint density at radius 3 is 2.26 bits per heavy atom. The lowest BCUT2D eigenvalue weighted by Gasteiger charge is -2.24. The van der Waals surface area contributed by atoms with Crippen molar-refractivity contribution in [1.29, 1.82) is 0 Å². The number of anilines is 2. The van der Waals surface area contributed by atoms with Gasteiger partial charge in [0.15, 0.2) is 0 Å². The Labute approximate surface area is 174 Å². The van der Waals surface area contributed by atoms with Crippen LogP contribution in [0.2, 0.25) is 15.1 Å². The molecule has 0 atom stereocenters. The summed E-state index contributed by atoms with van der Waals surface area (Å²) in [6.07, 6.45) is 0.987. The lowest BCUT2D eigenvalue weighted by atomic mass is 10.0. The van der Waals surface area contributed by atoms with E-state index in [1.807, 2.05) is 26.0 Å². The summed E-state index contributed by atoms with van der Waals surface area (Å²) in [5, 5.41) is 3.16. The first-order valence-corrected chi connectivity index (χ1v) is 11.0. The molecule has 0 bridgehead atoms. The highest BCUT2D eigenvalue weighted by atomic mass is 35.5. The van der Waals surface area contributed by atoms with E-state index in [-0.39, 0.29) is 26.7 Å². The van der Waals surface area contributed by atoms with Gasteiger partial charge in [0, 0.05) is 5.69 Å². The van der Waals surface area contributed by atoms with E-state index < -0.39 is 22.5 Å². The van der Waals surface area contributed by atoms with Crippen molar-refractivity contribution in [2.24, 2.45) is 0 Å². The summed E-state index contributed by atoms with van der Waals surface area (Å²) >= 11 is 18.0. The number of nitrogens with one attached hydrogen (secondary N) is 1. The molecule has 0 saturated carbocycles.